The molecule has 2 unspecified atom stereocenters. The van der Waals surface area contributed by atoms with Crippen LogP contribution in [0.1, 0.15) is 6.92 Å². The zero-order valence-electron chi connectivity index (χ0n) is 9.50. The summed E-state index contributed by atoms with van der Waals surface area (Å²) in [5.41, 5.74) is -0.700. The summed E-state index contributed by atoms with van der Waals surface area (Å²) >= 11 is 0. The average molecular weight is 232 g/mol. The van der Waals surface area contributed by atoms with E-state index in [1.54, 1.807) is 6.92 Å². The van der Waals surface area contributed by atoms with Gasteiger partial charge in [-0.1, -0.05) is 20.1 Å². The lowest BCUT2D eigenvalue weighted by atomic mass is 9.94. The second-order valence-electron chi connectivity index (χ2n) is 3.84. The Kier molecular flexibility index (Phi) is 7.20. The molecule has 0 aromatic heterocycles. The van der Waals surface area contributed by atoms with Gasteiger partial charge in [0.1, 0.15) is 0 Å². The van der Waals surface area contributed by atoms with Gasteiger partial charge in [0.05, 0.1) is 19.8 Å². The summed E-state index contributed by atoms with van der Waals surface area (Å²) in [6, 6.07) is 0. The third-order valence-corrected chi connectivity index (χ3v) is 1.99. The van der Waals surface area contributed by atoms with E-state index >= 15 is 0 Å². The van der Waals surface area contributed by atoms with E-state index in [0.29, 0.717) is 0 Å². The molecule has 0 aliphatic rings. The Morgan fingerprint density at radius 3 is 1.75 bits per heavy atom. The minimum absolute atomic E-state index is 0.0839. The van der Waals surface area contributed by atoms with E-state index in [1.807, 2.05) is 0 Å². The molecular weight excluding hydrogens is 212 g/mol. The third-order valence-electron chi connectivity index (χ3n) is 1.99. The number of aliphatic hydroxyl groups is 3. The molecule has 0 saturated heterocycles. The van der Waals surface area contributed by atoms with Crippen LogP contribution in [-0.4, -0.2) is 47.7 Å². The van der Waals surface area contributed by atoms with Crippen molar-refractivity contribution >= 4 is 0 Å². The molecule has 0 amide bonds. The van der Waals surface area contributed by atoms with Gasteiger partial charge in [0.2, 0.25) is 0 Å². The van der Waals surface area contributed by atoms with Crippen LogP contribution in [0.4, 0.5) is 0 Å². The predicted octanol–water partition coefficient (Wildman–Crippen LogP) is 0.0270. The molecule has 0 aliphatic heterocycles. The molecule has 16 heavy (non-hydrogen) atoms. The van der Waals surface area contributed by atoms with Crippen LogP contribution in [0.2, 0.25) is 0 Å². The van der Waals surface area contributed by atoms with Crippen molar-refractivity contribution < 1.29 is 24.8 Å². The monoisotopic (exact) mass is 232 g/mol. The van der Waals surface area contributed by atoms with Crippen molar-refractivity contribution in [1.29, 1.82) is 0 Å². The van der Waals surface area contributed by atoms with Gasteiger partial charge in [-0.15, -0.1) is 0 Å². The molecule has 5 heteroatoms. The van der Waals surface area contributed by atoms with Gasteiger partial charge in [0.25, 0.3) is 0 Å². The van der Waals surface area contributed by atoms with E-state index < -0.39 is 18.0 Å². The van der Waals surface area contributed by atoms with Crippen molar-refractivity contribution in [3.63, 3.8) is 0 Å². The van der Waals surface area contributed by atoms with Gasteiger partial charge >= 0.3 is 0 Å². The Morgan fingerprint density at radius 1 is 1.12 bits per heavy atom. The molecule has 0 rings (SSSR count). The van der Waals surface area contributed by atoms with E-state index in [-0.39, 0.29) is 19.8 Å². The third kappa shape index (κ3) is 5.99. The van der Waals surface area contributed by atoms with Crippen molar-refractivity contribution in [2.45, 2.75) is 19.5 Å². The summed E-state index contributed by atoms with van der Waals surface area (Å²) < 4.78 is 10.0. The van der Waals surface area contributed by atoms with E-state index in [4.69, 9.17) is 19.7 Å². The molecule has 0 heterocycles. The minimum atomic E-state index is -1.07. The van der Waals surface area contributed by atoms with Crippen LogP contribution < -0.4 is 0 Å². The maximum absolute atomic E-state index is 9.18. The highest BCUT2D eigenvalue weighted by atomic mass is 16.6. The fraction of sp³-hybridized carbons (Fsp3) is 0.636. The molecule has 0 spiro atoms. The molecule has 2 atom stereocenters. The molecule has 0 aliphatic carbocycles. The maximum Gasteiger partial charge on any atom is 0.173 e. The fourth-order valence-electron chi connectivity index (χ4n) is 0.842. The minimum Gasteiger partial charge on any atom is -0.396 e. The highest BCUT2D eigenvalue weighted by molar-refractivity contribution is 4.77. The summed E-state index contributed by atoms with van der Waals surface area (Å²) in [7, 11) is 0. The molecular formula is C11H20O5. The van der Waals surface area contributed by atoms with Crippen molar-refractivity contribution in [2.24, 2.45) is 5.41 Å². The average Bonchev–Trinajstić information content (AvgIpc) is 2.32. The molecule has 3 N–H and O–H groups in total. The second-order valence-corrected chi connectivity index (χ2v) is 3.84. The zero-order chi connectivity index (χ0) is 12.6. The molecule has 0 bridgehead atoms. The first-order valence-electron chi connectivity index (χ1n) is 4.93. The van der Waals surface area contributed by atoms with Crippen LogP contribution >= 0.6 is 0 Å². The number of rotatable bonds is 9. The van der Waals surface area contributed by atoms with Crippen LogP contribution in [-0.2, 0) is 9.47 Å². The predicted molar refractivity (Wildman–Crippen MR) is 59.5 cm³/mol. The Morgan fingerprint density at radius 2 is 1.50 bits per heavy atom. The quantitative estimate of drug-likeness (QED) is 0.386. The van der Waals surface area contributed by atoms with Gasteiger partial charge in [-0.05, 0) is 12.2 Å². The van der Waals surface area contributed by atoms with Gasteiger partial charge in [-0.3, -0.25) is 0 Å². The maximum atomic E-state index is 9.18. The number of aliphatic hydroxyl groups excluding tert-OH is 3. The normalized spacial score (nSPS) is 18.5. The molecule has 94 valence electrons. The van der Waals surface area contributed by atoms with Crippen molar-refractivity contribution in [3.8, 4) is 0 Å². The van der Waals surface area contributed by atoms with Crippen LogP contribution in [0.3, 0.4) is 0 Å². The topological polar surface area (TPSA) is 79.2 Å². The standard InChI is InChI=1S/C11H20O5/c1-4-9(13)15-7-11(3,6-12)8-16-10(14)5-2/h4-5,9-10,12-14H,1-2,6-8H2,3H3. The van der Waals surface area contributed by atoms with Crippen LogP contribution in [0.25, 0.3) is 0 Å². The van der Waals surface area contributed by atoms with Crippen LogP contribution in [0.15, 0.2) is 25.3 Å². The first-order chi connectivity index (χ1) is 7.47. The first kappa shape index (κ1) is 15.3. The van der Waals surface area contributed by atoms with Gasteiger partial charge in [0, 0.05) is 5.41 Å². The molecule has 5 nitrogen and oxygen atoms in total. The molecule has 0 aromatic rings. The summed E-state index contributed by atoms with van der Waals surface area (Å²) in [6.45, 7) is 8.39. The smallest absolute Gasteiger partial charge is 0.173 e. The first-order valence-corrected chi connectivity index (χ1v) is 4.93. The number of hydrogen-bond donors (Lipinski definition) is 3. The lowest BCUT2D eigenvalue weighted by Gasteiger charge is -2.28. The molecule has 0 aromatic carbocycles. The van der Waals surface area contributed by atoms with Crippen molar-refractivity contribution in [2.75, 3.05) is 19.8 Å². The van der Waals surface area contributed by atoms with E-state index in [2.05, 4.69) is 13.2 Å². The Labute approximate surface area is 95.6 Å². The van der Waals surface area contributed by atoms with Crippen molar-refractivity contribution in [3.05, 3.63) is 25.3 Å². The van der Waals surface area contributed by atoms with E-state index in [9.17, 15) is 5.11 Å². The van der Waals surface area contributed by atoms with Gasteiger partial charge in [0.15, 0.2) is 12.6 Å². The second kappa shape index (κ2) is 7.54. The lowest BCUT2D eigenvalue weighted by molar-refractivity contribution is -0.144. The summed E-state index contributed by atoms with van der Waals surface area (Å²) in [5.74, 6) is 0. The Bertz CT molecular complexity index is 198. The highest BCUT2D eigenvalue weighted by Crippen LogP contribution is 2.18. The van der Waals surface area contributed by atoms with Crippen molar-refractivity contribution in [1.82, 2.24) is 0 Å². The summed E-state index contributed by atoms with van der Waals surface area (Å²) in [4.78, 5) is 0. The molecule has 0 fully saturated rings. The molecule has 0 saturated carbocycles. The Hall–Kier alpha value is -0.720. The van der Waals surface area contributed by atoms with Crippen LogP contribution in [0.5, 0.6) is 0 Å². The SMILES string of the molecule is C=CC(O)OCC(C)(CO)COC(O)C=C. The highest BCUT2D eigenvalue weighted by Gasteiger charge is 2.26. The molecule has 0 radical (unpaired) electrons. The summed E-state index contributed by atoms with van der Waals surface area (Å²) in [6.07, 6.45) is 0.319. The van der Waals surface area contributed by atoms with Gasteiger partial charge < -0.3 is 24.8 Å². The number of ether oxygens (including phenoxy) is 2. The summed E-state index contributed by atoms with van der Waals surface area (Å²) in [5, 5.41) is 27.4. The fourth-order valence-corrected chi connectivity index (χ4v) is 0.842. The van der Waals surface area contributed by atoms with Crippen LogP contribution in [0, 0.1) is 5.41 Å². The van der Waals surface area contributed by atoms with Gasteiger partial charge in [-0.2, -0.15) is 0 Å². The lowest BCUT2D eigenvalue weighted by Crippen LogP contribution is -2.35. The largest absolute Gasteiger partial charge is 0.396 e. The van der Waals surface area contributed by atoms with Gasteiger partial charge in [-0.25, -0.2) is 0 Å². The number of hydrogen-bond acceptors (Lipinski definition) is 5. The van der Waals surface area contributed by atoms with E-state index in [0.717, 1.165) is 0 Å². The Balaban J connectivity index is 4.08. The zero-order valence-corrected chi connectivity index (χ0v) is 9.50. The van der Waals surface area contributed by atoms with E-state index in [1.165, 1.54) is 12.2 Å².